The van der Waals surface area contributed by atoms with Gasteiger partial charge in [-0.3, -0.25) is 9.59 Å². The Bertz CT molecular complexity index is 480. The highest BCUT2D eigenvalue weighted by Crippen LogP contribution is 2.22. The van der Waals surface area contributed by atoms with Crippen LogP contribution in [0.4, 0.5) is 0 Å². The highest BCUT2D eigenvalue weighted by atomic mass is 16.5. The Labute approximate surface area is 118 Å². The Kier molecular flexibility index (Phi) is 5.37. The molecule has 0 heterocycles. The molecule has 3 N–H and O–H groups in total. The van der Waals surface area contributed by atoms with Gasteiger partial charge in [0.1, 0.15) is 11.5 Å². The van der Waals surface area contributed by atoms with Crippen molar-refractivity contribution in [1.82, 2.24) is 5.32 Å². The molecule has 0 saturated heterocycles. The summed E-state index contributed by atoms with van der Waals surface area (Å²) in [5, 5.41) is 2.73. The van der Waals surface area contributed by atoms with Crippen LogP contribution < -0.4 is 20.5 Å². The summed E-state index contributed by atoms with van der Waals surface area (Å²) in [5.41, 5.74) is 5.61. The third-order valence-electron chi connectivity index (χ3n) is 3.17. The van der Waals surface area contributed by atoms with E-state index in [9.17, 15) is 9.59 Å². The number of benzene rings is 1. The van der Waals surface area contributed by atoms with Gasteiger partial charge in [-0.25, -0.2) is 0 Å². The van der Waals surface area contributed by atoms with Crippen LogP contribution in [0.5, 0.6) is 11.5 Å². The lowest BCUT2D eigenvalue weighted by Gasteiger charge is -2.19. The van der Waals surface area contributed by atoms with E-state index in [0.29, 0.717) is 17.1 Å². The number of amides is 2. The van der Waals surface area contributed by atoms with Crippen molar-refractivity contribution < 1.29 is 19.1 Å². The van der Waals surface area contributed by atoms with Crippen LogP contribution in [0.15, 0.2) is 18.2 Å². The molecule has 2 unspecified atom stereocenters. The van der Waals surface area contributed by atoms with Crippen LogP contribution in [0.2, 0.25) is 0 Å². The number of hydrogen-bond donors (Lipinski definition) is 2. The smallest absolute Gasteiger partial charge is 0.251 e. The molecule has 6 nitrogen and oxygen atoms in total. The van der Waals surface area contributed by atoms with Gasteiger partial charge in [-0.1, -0.05) is 6.92 Å². The molecular weight excluding hydrogens is 260 g/mol. The zero-order valence-corrected chi connectivity index (χ0v) is 12.1. The average molecular weight is 280 g/mol. The number of hydrogen-bond acceptors (Lipinski definition) is 4. The van der Waals surface area contributed by atoms with E-state index in [1.807, 2.05) is 0 Å². The number of primary amides is 1. The van der Waals surface area contributed by atoms with Crippen molar-refractivity contribution in [1.29, 1.82) is 0 Å². The van der Waals surface area contributed by atoms with Crippen LogP contribution in [-0.2, 0) is 4.79 Å². The third kappa shape index (κ3) is 3.88. The summed E-state index contributed by atoms with van der Waals surface area (Å²) in [4.78, 5) is 23.2. The van der Waals surface area contributed by atoms with Crippen molar-refractivity contribution in [3.63, 3.8) is 0 Å². The monoisotopic (exact) mass is 280 g/mol. The summed E-state index contributed by atoms with van der Waals surface area (Å²) in [6.07, 6.45) is 0. The molecule has 6 heteroatoms. The normalized spacial score (nSPS) is 13.2. The summed E-state index contributed by atoms with van der Waals surface area (Å²) >= 11 is 0. The van der Waals surface area contributed by atoms with E-state index < -0.39 is 11.8 Å². The predicted molar refractivity (Wildman–Crippen MR) is 74.8 cm³/mol. The van der Waals surface area contributed by atoms with E-state index in [2.05, 4.69) is 5.32 Å². The molecule has 1 rings (SSSR count). The van der Waals surface area contributed by atoms with Gasteiger partial charge in [-0.05, 0) is 19.1 Å². The second-order valence-electron chi connectivity index (χ2n) is 4.55. The van der Waals surface area contributed by atoms with E-state index in [-0.39, 0.29) is 11.9 Å². The van der Waals surface area contributed by atoms with Gasteiger partial charge in [0.25, 0.3) is 5.91 Å². The lowest BCUT2D eigenvalue weighted by molar-refractivity contribution is -0.121. The first kappa shape index (κ1) is 15.8. The molecule has 110 valence electrons. The van der Waals surface area contributed by atoms with Crippen molar-refractivity contribution >= 4 is 11.8 Å². The van der Waals surface area contributed by atoms with Gasteiger partial charge in [0.15, 0.2) is 0 Å². The van der Waals surface area contributed by atoms with Gasteiger partial charge in [0.2, 0.25) is 5.91 Å². The fraction of sp³-hybridized carbons (Fsp3) is 0.429. The molecule has 0 radical (unpaired) electrons. The zero-order chi connectivity index (χ0) is 15.3. The third-order valence-corrected chi connectivity index (χ3v) is 3.17. The molecule has 20 heavy (non-hydrogen) atoms. The fourth-order valence-electron chi connectivity index (χ4n) is 1.60. The molecular formula is C14H20N2O4. The number of rotatable bonds is 6. The SMILES string of the molecule is COc1cc(OC)cc(C(=O)NC(C)C(C)C(N)=O)c1. The second-order valence-corrected chi connectivity index (χ2v) is 4.55. The largest absolute Gasteiger partial charge is 0.497 e. The summed E-state index contributed by atoms with van der Waals surface area (Å²) in [7, 11) is 3.02. The van der Waals surface area contributed by atoms with E-state index in [1.165, 1.54) is 14.2 Å². The molecule has 1 aromatic carbocycles. The van der Waals surface area contributed by atoms with E-state index in [4.69, 9.17) is 15.2 Å². The summed E-state index contributed by atoms with van der Waals surface area (Å²) in [6.45, 7) is 3.39. The van der Waals surface area contributed by atoms with Crippen molar-refractivity contribution in [3.05, 3.63) is 23.8 Å². The number of methoxy groups -OCH3 is 2. The Morgan fingerprint density at radius 2 is 1.60 bits per heavy atom. The first-order valence-electron chi connectivity index (χ1n) is 6.22. The zero-order valence-electron chi connectivity index (χ0n) is 12.1. The maximum Gasteiger partial charge on any atom is 0.251 e. The summed E-state index contributed by atoms with van der Waals surface area (Å²) < 4.78 is 10.2. The molecule has 1 aromatic rings. The second kappa shape index (κ2) is 6.79. The fourth-order valence-corrected chi connectivity index (χ4v) is 1.60. The van der Waals surface area contributed by atoms with Crippen LogP contribution in [0.3, 0.4) is 0 Å². The summed E-state index contributed by atoms with van der Waals surface area (Å²) in [5.74, 6) is -0.189. The van der Waals surface area contributed by atoms with Gasteiger partial charge >= 0.3 is 0 Å². The molecule has 0 saturated carbocycles. The van der Waals surface area contributed by atoms with E-state index in [1.54, 1.807) is 32.0 Å². The topological polar surface area (TPSA) is 90.7 Å². The van der Waals surface area contributed by atoms with Crippen LogP contribution in [0, 0.1) is 5.92 Å². The molecule has 0 aliphatic carbocycles. The van der Waals surface area contributed by atoms with Gasteiger partial charge in [0.05, 0.1) is 20.1 Å². The lowest BCUT2D eigenvalue weighted by atomic mass is 10.0. The minimum atomic E-state index is -0.457. The highest BCUT2D eigenvalue weighted by molar-refractivity contribution is 5.95. The molecule has 0 spiro atoms. The molecule has 0 aliphatic heterocycles. The van der Waals surface area contributed by atoms with Gasteiger partial charge < -0.3 is 20.5 Å². The van der Waals surface area contributed by atoms with Gasteiger partial charge in [-0.2, -0.15) is 0 Å². The standard InChI is InChI=1S/C14H20N2O4/c1-8(13(15)17)9(2)16-14(18)10-5-11(19-3)7-12(6-10)20-4/h5-9H,1-4H3,(H2,15,17)(H,16,18). The maximum atomic E-state index is 12.1. The van der Waals surface area contributed by atoms with Crippen molar-refractivity contribution in [3.8, 4) is 11.5 Å². The quantitative estimate of drug-likeness (QED) is 0.811. The van der Waals surface area contributed by atoms with Crippen molar-refractivity contribution in [2.24, 2.45) is 11.7 Å². The first-order chi connectivity index (χ1) is 9.38. The van der Waals surface area contributed by atoms with E-state index >= 15 is 0 Å². The van der Waals surface area contributed by atoms with Gasteiger partial charge in [-0.15, -0.1) is 0 Å². The van der Waals surface area contributed by atoms with E-state index in [0.717, 1.165) is 0 Å². The Hall–Kier alpha value is -2.24. The molecule has 0 aromatic heterocycles. The highest BCUT2D eigenvalue weighted by Gasteiger charge is 2.20. The Morgan fingerprint density at radius 3 is 2.00 bits per heavy atom. The minimum Gasteiger partial charge on any atom is -0.497 e. The lowest BCUT2D eigenvalue weighted by Crippen LogP contribution is -2.42. The first-order valence-corrected chi connectivity index (χ1v) is 6.22. The van der Waals surface area contributed by atoms with Crippen LogP contribution >= 0.6 is 0 Å². The molecule has 2 amide bonds. The molecule has 0 bridgehead atoms. The number of carbonyl (C=O) groups is 2. The molecule has 0 aliphatic rings. The molecule has 2 atom stereocenters. The molecule has 0 fully saturated rings. The van der Waals surface area contributed by atoms with Crippen LogP contribution in [0.1, 0.15) is 24.2 Å². The van der Waals surface area contributed by atoms with Crippen LogP contribution in [-0.4, -0.2) is 32.1 Å². The van der Waals surface area contributed by atoms with Crippen molar-refractivity contribution in [2.75, 3.05) is 14.2 Å². The number of nitrogens with two attached hydrogens (primary N) is 1. The maximum absolute atomic E-state index is 12.1. The summed E-state index contributed by atoms with van der Waals surface area (Å²) in [6, 6.07) is 4.50. The number of ether oxygens (including phenoxy) is 2. The Morgan fingerprint density at radius 1 is 1.10 bits per heavy atom. The average Bonchev–Trinajstić information content (AvgIpc) is 2.45. The minimum absolute atomic E-state index is 0.317. The van der Waals surface area contributed by atoms with Crippen molar-refractivity contribution in [2.45, 2.75) is 19.9 Å². The number of nitrogens with one attached hydrogen (secondary N) is 1. The van der Waals surface area contributed by atoms with Gasteiger partial charge in [0, 0.05) is 17.7 Å². The number of carbonyl (C=O) groups excluding carboxylic acids is 2. The van der Waals surface area contributed by atoms with Crippen LogP contribution in [0.25, 0.3) is 0 Å². The Balaban J connectivity index is 2.89. The predicted octanol–water partition coefficient (Wildman–Crippen LogP) is 0.943.